The third kappa shape index (κ3) is 3.33. The van der Waals surface area contributed by atoms with Crippen molar-refractivity contribution >= 4 is 53.3 Å². The van der Waals surface area contributed by atoms with Gasteiger partial charge in [0.2, 0.25) is 25.8 Å². The molecular formula is C13H10BrClN2O5S2. The standard InChI is InChI=1S/C13H10BrClN2O5S2/c14-8-6-5-7(13(16)18)11(15)12(8)23(19,20)9-3-1-2-4-10(9)24(17,21)22/h1-6H,(H2,16,18)(H2,17,21,22). The zero-order chi connectivity index (χ0) is 18.3. The van der Waals surface area contributed by atoms with E-state index in [1.807, 2.05) is 0 Å². The van der Waals surface area contributed by atoms with Gasteiger partial charge in [0, 0.05) is 4.47 Å². The number of sulfonamides is 1. The second-order valence-corrected chi connectivity index (χ2v) is 9.21. The van der Waals surface area contributed by atoms with Crippen LogP contribution in [0.4, 0.5) is 0 Å². The average molecular weight is 454 g/mol. The van der Waals surface area contributed by atoms with E-state index in [4.69, 9.17) is 22.5 Å². The summed E-state index contributed by atoms with van der Waals surface area (Å²) in [6.45, 7) is 0. The van der Waals surface area contributed by atoms with Gasteiger partial charge in [0.15, 0.2) is 0 Å². The predicted molar refractivity (Wildman–Crippen MR) is 90.9 cm³/mol. The van der Waals surface area contributed by atoms with Crippen molar-refractivity contribution in [2.24, 2.45) is 10.9 Å². The van der Waals surface area contributed by atoms with Crippen molar-refractivity contribution in [3.8, 4) is 0 Å². The van der Waals surface area contributed by atoms with Crippen molar-refractivity contribution in [2.45, 2.75) is 14.7 Å². The summed E-state index contributed by atoms with van der Waals surface area (Å²) in [6, 6.07) is 7.32. The molecule has 2 rings (SSSR count). The van der Waals surface area contributed by atoms with Crippen molar-refractivity contribution in [1.29, 1.82) is 0 Å². The number of primary amides is 1. The zero-order valence-corrected chi connectivity index (χ0v) is 15.7. The quantitative estimate of drug-likeness (QED) is 0.725. The zero-order valence-electron chi connectivity index (χ0n) is 11.7. The van der Waals surface area contributed by atoms with Gasteiger partial charge < -0.3 is 5.73 Å². The third-order valence-electron chi connectivity index (χ3n) is 3.03. The molecule has 24 heavy (non-hydrogen) atoms. The van der Waals surface area contributed by atoms with E-state index in [-0.39, 0.29) is 10.0 Å². The van der Waals surface area contributed by atoms with E-state index in [0.29, 0.717) is 0 Å². The summed E-state index contributed by atoms with van der Waals surface area (Å²) in [5.41, 5.74) is 4.95. The highest BCUT2D eigenvalue weighted by atomic mass is 79.9. The first-order chi connectivity index (χ1) is 11.0. The van der Waals surface area contributed by atoms with E-state index in [2.05, 4.69) is 15.9 Å². The lowest BCUT2D eigenvalue weighted by Crippen LogP contribution is -2.18. The average Bonchev–Trinajstić information content (AvgIpc) is 2.45. The minimum absolute atomic E-state index is 0.0433. The van der Waals surface area contributed by atoms with Gasteiger partial charge in [-0.25, -0.2) is 22.0 Å². The predicted octanol–water partition coefficient (Wildman–Crippen LogP) is 1.68. The lowest BCUT2D eigenvalue weighted by molar-refractivity contribution is 0.1000. The highest BCUT2D eigenvalue weighted by molar-refractivity contribution is 9.10. The Morgan fingerprint density at radius 2 is 1.54 bits per heavy atom. The summed E-state index contributed by atoms with van der Waals surface area (Å²) < 4.78 is 49.2. The Morgan fingerprint density at radius 3 is 2.04 bits per heavy atom. The van der Waals surface area contributed by atoms with Crippen LogP contribution in [0.1, 0.15) is 10.4 Å². The van der Waals surface area contributed by atoms with Crippen LogP contribution in [0.2, 0.25) is 5.02 Å². The van der Waals surface area contributed by atoms with Gasteiger partial charge in [-0.3, -0.25) is 4.79 Å². The normalized spacial score (nSPS) is 12.1. The van der Waals surface area contributed by atoms with Gasteiger partial charge in [-0.15, -0.1) is 0 Å². The second-order valence-electron chi connectivity index (χ2n) is 4.60. The van der Waals surface area contributed by atoms with Crippen LogP contribution >= 0.6 is 27.5 Å². The molecule has 2 aromatic rings. The van der Waals surface area contributed by atoms with Gasteiger partial charge in [-0.1, -0.05) is 23.7 Å². The van der Waals surface area contributed by atoms with E-state index in [9.17, 15) is 21.6 Å². The van der Waals surface area contributed by atoms with Crippen LogP contribution in [0.3, 0.4) is 0 Å². The molecule has 0 atom stereocenters. The van der Waals surface area contributed by atoms with Crippen LogP contribution < -0.4 is 10.9 Å². The highest BCUT2D eigenvalue weighted by Gasteiger charge is 2.31. The number of nitrogens with two attached hydrogens (primary N) is 2. The molecule has 0 aliphatic carbocycles. The third-order valence-corrected chi connectivity index (χ3v) is 7.45. The van der Waals surface area contributed by atoms with Crippen molar-refractivity contribution < 1.29 is 21.6 Å². The number of rotatable bonds is 4. The molecular weight excluding hydrogens is 444 g/mol. The monoisotopic (exact) mass is 452 g/mol. The number of amides is 1. The van der Waals surface area contributed by atoms with Gasteiger partial charge >= 0.3 is 0 Å². The van der Waals surface area contributed by atoms with Crippen LogP contribution in [0.25, 0.3) is 0 Å². The first-order valence-corrected chi connectivity index (χ1v) is 10.3. The molecule has 0 bridgehead atoms. The summed E-state index contributed by atoms with van der Waals surface area (Å²) >= 11 is 9.06. The fraction of sp³-hybridized carbons (Fsp3) is 0. The number of hydrogen-bond donors (Lipinski definition) is 2. The molecule has 0 unspecified atom stereocenters. The summed E-state index contributed by atoms with van der Waals surface area (Å²) in [7, 11) is -8.72. The minimum Gasteiger partial charge on any atom is -0.366 e. The highest BCUT2D eigenvalue weighted by Crippen LogP contribution is 2.37. The fourth-order valence-electron chi connectivity index (χ4n) is 1.99. The Labute approximate surface area is 151 Å². The van der Waals surface area contributed by atoms with Crippen molar-refractivity contribution in [2.75, 3.05) is 0 Å². The molecule has 128 valence electrons. The molecule has 1 amide bonds. The van der Waals surface area contributed by atoms with Crippen molar-refractivity contribution in [3.05, 3.63) is 51.5 Å². The van der Waals surface area contributed by atoms with Gasteiger partial charge in [0.05, 0.1) is 15.5 Å². The van der Waals surface area contributed by atoms with E-state index >= 15 is 0 Å². The lowest BCUT2D eigenvalue weighted by atomic mass is 10.2. The second kappa shape index (κ2) is 6.45. The van der Waals surface area contributed by atoms with Gasteiger partial charge in [0.25, 0.3) is 0 Å². The van der Waals surface area contributed by atoms with Gasteiger partial charge in [0.1, 0.15) is 9.79 Å². The largest absolute Gasteiger partial charge is 0.366 e. The van der Waals surface area contributed by atoms with Crippen LogP contribution in [-0.4, -0.2) is 22.7 Å². The summed E-state index contributed by atoms with van der Waals surface area (Å²) in [4.78, 5) is 9.77. The lowest BCUT2D eigenvalue weighted by Gasteiger charge is -2.13. The topological polar surface area (TPSA) is 137 Å². The number of carbonyl (C=O) groups is 1. The Balaban J connectivity index is 2.89. The van der Waals surface area contributed by atoms with Gasteiger partial charge in [-0.05, 0) is 40.2 Å². The maximum Gasteiger partial charge on any atom is 0.250 e. The number of carbonyl (C=O) groups excluding carboxylic acids is 1. The molecule has 0 heterocycles. The van der Waals surface area contributed by atoms with Crippen molar-refractivity contribution in [3.63, 3.8) is 0 Å². The van der Waals surface area contributed by atoms with Gasteiger partial charge in [-0.2, -0.15) is 0 Å². The molecule has 4 N–H and O–H groups in total. The van der Waals surface area contributed by atoms with Crippen LogP contribution in [-0.2, 0) is 19.9 Å². The van der Waals surface area contributed by atoms with E-state index in [1.165, 1.54) is 24.3 Å². The molecule has 11 heteroatoms. The fourth-order valence-corrected chi connectivity index (χ4v) is 6.41. The van der Waals surface area contributed by atoms with Crippen LogP contribution in [0.15, 0.2) is 55.6 Å². The molecule has 0 spiro atoms. The van der Waals surface area contributed by atoms with Crippen LogP contribution in [0.5, 0.6) is 0 Å². The maximum absolute atomic E-state index is 12.9. The Kier molecular flexibility index (Phi) is 5.07. The molecule has 2 aromatic carbocycles. The molecule has 0 saturated heterocycles. The number of benzene rings is 2. The molecule has 0 saturated carbocycles. The Bertz CT molecular complexity index is 1050. The summed E-state index contributed by atoms with van der Waals surface area (Å²) in [5.74, 6) is -0.927. The molecule has 7 nitrogen and oxygen atoms in total. The van der Waals surface area contributed by atoms with E-state index in [0.717, 1.165) is 12.1 Å². The first-order valence-electron chi connectivity index (χ1n) is 6.12. The number of sulfone groups is 1. The summed E-state index contributed by atoms with van der Waals surface area (Å²) in [5, 5.41) is 4.66. The molecule has 0 radical (unpaired) electrons. The Morgan fingerprint density at radius 1 is 1.00 bits per heavy atom. The molecule has 0 aliphatic heterocycles. The first kappa shape index (κ1) is 18.9. The number of halogens is 2. The van der Waals surface area contributed by atoms with Crippen LogP contribution in [0, 0.1) is 0 Å². The SMILES string of the molecule is NC(=O)c1ccc(Br)c(S(=O)(=O)c2ccccc2S(N)(=O)=O)c1Cl. The molecule has 0 fully saturated rings. The van der Waals surface area contributed by atoms with E-state index in [1.54, 1.807) is 0 Å². The minimum atomic E-state index is -4.42. The maximum atomic E-state index is 12.9. The molecule has 0 aliphatic rings. The van der Waals surface area contributed by atoms with E-state index < -0.39 is 45.5 Å². The van der Waals surface area contributed by atoms with Crippen molar-refractivity contribution in [1.82, 2.24) is 0 Å². The summed E-state index contributed by atoms with van der Waals surface area (Å²) in [6.07, 6.45) is 0. The molecule has 0 aromatic heterocycles. The Hall–Kier alpha value is -1.46. The smallest absolute Gasteiger partial charge is 0.250 e. The number of hydrogen-bond acceptors (Lipinski definition) is 5. The number of primary sulfonamides is 1.